The Hall–Kier alpha value is -2.03. The predicted molar refractivity (Wildman–Crippen MR) is 123 cm³/mol. The summed E-state index contributed by atoms with van der Waals surface area (Å²) in [6.45, 7) is 2.37. The molecule has 0 unspecified atom stereocenters. The molecule has 0 saturated heterocycles. The van der Waals surface area contributed by atoms with E-state index in [4.69, 9.17) is 16.6 Å². The lowest BCUT2D eigenvalue weighted by atomic mass is 10.2. The summed E-state index contributed by atoms with van der Waals surface area (Å²) < 4.78 is 1.87. The van der Waals surface area contributed by atoms with E-state index in [0.29, 0.717) is 22.3 Å². The largest absolute Gasteiger partial charge is 0.279 e. The number of nitrogens with zero attached hydrogens (tertiary/aromatic N) is 3. The first-order valence-electron chi connectivity index (χ1n) is 8.55. The lowest BCUT2D eigenvalue weighted by Crippen LogP contribution is -2.31. The second kappa shape index (κ2) is 8.14. The third-order valence-electron chi connectivity index (χ3n) is 4.28. The molecule has 0 spiro atoms. The van der Waals surface area contributed by atoms with E-state index in [1.807, 2.05) is 55.5 Å². The fourth-order valence-corrected chi connectivity index (χ4v) is 4.97. The number of anilines is 1. The number of pyridine rings is 1. The summed E-state index contributed by atoms with van der Waals surface area (Å²) in [5.74, 6) is -0.0864. The average molecular weight is 520 g/mol. The number of rotatable bonds is 4. The van der Waals surface area contributed by atoms with Crippen molar-refractivity contribution in [2.24, 2.45) is 0 Å². The van der Waals surface area contributed by atoms with Gasteiger partial charge in [0.15, 0.2) is 5.13 Å². The SMILES string of the molecule is Cc1cc(Cl)cc2sc(N(Cc3cccnc3)C(=O)c3ccccc3I)nc12. The zero-order valence-corrected chi connectivity index (χ0v) is 18.6. The van der Waals surface area contributed by atoms with Gasteiger partial charge in [-0.15, -0.1) is 0 Å². The Balaban J connectivity index is 1.82. The number of aryl methyl sites for hydroxylation is 1. The van der Waals surface area contributed by atoms with E-state index >= 15 is 0 Å². The van der Waals surface area contributed by atoms with Crippen LogP contribution >= 0.6 is 45.5 Å². The van der Waals surface area contributed by atoms with Crippen LogP contribution in [0.3, 0.4) is 0 Å². The smallest absolute Gasteiger partial charge is 0.261 e. The Morgan fingerprint density at radius 2 is 2.04 bits per heavy atom. The second-order valence-corrected chi connectivity index (χ2v) is 8.91. The van der Waals surface area contributed by atoms with Crippen molar-refractivity contribution < 1.29 is 4.79 Å². The van der Waals surface area contributed by atoms with Crippen molar-refractivity contribution in [1.82, 2.24) is 9.97 Å². The van der Waals surface area contributed by atoms with Gasteiger partial charge >= 0.3 is 0 Å². The maximum Gasteiger partial charge on any atom is 0.261 e. The van der Waals surface area contributed by atoms with Crippen LogP contribution in [0.1, 0.15) is 21.5 Å². The molecule has 4 rings (SSSR count). The van der Waals surface area contributed by atoms with Gasteiger partial charge < -0.3 is 0 Å². The van der Waals surface area contributed by atoms with Gasteiger partial charge in [0.25, 0.3) is 5.91 Å². The predicted octanol–water partition coefficient (Wildman–Crippen LogP) is 6.10. The first-order valence-corrected chi connectivity index (χ1v) is 10.8. The molecular formula is C21H15ClIN3OS. The van der Waals surface area contributed by atoms with Crippen LogP contribution in [0.5, 0.6) is 0 Å². The van der Waals surface area contributed by atoms with E-state index in [1.165, 1.54) is 11.3 Å². The Labute approximate surface area is 185 Å². The van der Waals surface area contributed by atoms with Gasteiger partial charge in [-0.05, 0) is 71.0 Å². The quantitative estimate of drug-likeness (QED) is 0.306. The van der Waals surface area contributed by atoms with E-state index < -0.39 is 0 Å². The number of hydrogen-bond acceptors (Lipinski definition) is 4. The number of amides is 1. The van der Waals surface area contributed by atoms with E-state index in [9.17, 15) is 4.79 Å². The zero-order valence-electron chi connectivity index (χ0n) is 14.9. The molecule has 2 aromatic heterocycles. The highest BCUT2D eigenvalue weighted by Crippen LogP contribution is 2.34. The molecule has 7 heteroatoms. The molecule has 0 bridgehead atoms. The van der Waals surface area contributed by atoms with Crippen molar-refractivity contribution in [3.05, 3.63) is 86.2 Å². The van der Waals surface area contributed by atoms with Gasteiger partial charge in [-0.25, -0.2) is 4.98 Å². The molecule has 0 fully saturated rings. The third kappa shape index (κ3) is 3.90. The summed E-state index contributed by atoms with van der Waals surface area (Å²) in [5.41, 5.74) is 3.46. The first-order chi connectivity index (χ1) is 13.5. The molecule has 4 nitrogen and oxygen atoms in total. The number of hydrogen-bond donors (Lipinski definition) is 0. The molecule has 0 aliphatic rings. The van der Waals surface area contributed by atoms with Crippen LogP contribution in [-0.2, 0) is 6.54 Å². The molecule has 2 heterocycles. The van der Waals surface area contributed by atoms with Gasteiger partial charge in [-0.2, -0.15) is 0 Å². The van der Waals surface area contributed by atoms with Gasteiger partial charge in [0.1, 0.15) is 0 Å². The Kier molecular flexibility index (Phi) is 5.61. The molecule has 0 atom stereocenters. The highest BCUT2D eigenvalue weighted by Gasteiger charge is 2.23. The van der Waals surface area contributed by atoms with Crippen LogP contribution < -0.4 is 4.90 Å². The summed E-state index contributed by atoms with van der Waals surface area (Å²) in [4.78, 5) is 24.1. The number of carbonyl (C=O) groups is 1. The van der Waals surface area contributed by atoms with Crippen molar-refractivity contribution in [1.29, 1.82) is 0 Å². The molecule has 140 valence electrons. The molecule has 28 heavy (non-hydrogen) atoms. The summed E-state index contributed by atoms with van der Waals surface area (Å²) in [5, 5.41) is 1.32. The van der Waals surface area contributed by atoms with Crippen molar-refractivity contribution in [2.45, 2.75) is 13.5 Å². The lowest BCUT2D eigenvalue weighted by Gasteiger charge is -2.20. The fraction of sp³-hybridized carbons (Fsp3) is 0.0952. The molecular weight excluding hydrogens is 505 g/mol. The summed E-state index contributed by atoms with van der Waals surface area (Å²) in [6, 6.07) is 15.2. The number of aromatic nitrogens is 2. The van der Waals surface area contributed by atoms with Gasteiger partial charge in [-0.1, -0.05) is 41.1 Å². The van der Waals surface area contributed by atoms with Crippen LogP contribution in [0.4, 0.5) is 5.13 Å². The second-order valence-electron chi connectivity index (χ2n) is 6.30. The zero-order chi connectivity index (χ0) is 19.7. The van der Waals surface area contributed by atoms with E-state index in [2.05, 4.69) is 27.6 Å². The summed E-state index contributed by atoms with van der Waals surface area (Å²) in [6.07, 6.45) is 3.49. The molecule has 0 aliphatic carbocycles. The van der Waals surface area contributed by atoms with E-state index in [1.54, 1.807) is 17.3 Å². The third-order valence-corrected chi connectivity index (χ3v) is 6.47. The molecule has 0 N–H and O–H groups in total. The fourth-order valence-electron chi connectivity index (χ4n) is 2.94. The lowest BCUT2D eigenvalue weighted by molar-refractivity contribution is 0.0984. The van der Waals surface area contributed by atoms with Crippen LogP contribution in [0, 0.1) is 10.5 Å². The monoisotopic (exact) mass is 519 g/mol. The number of carbonyl (C=O) groups excluding carboxylic acids is 1. The summed E-state index contributed by atoms with van der Waals surface area (Å²) >= 11 is 9.87. The number of fused-ring (bicyclic) bond motifs is 1. The molecule has 0 saturated carbocycles. The number of thiazole rings is 1. The van der Waals surface area contributed by atoms with Crippen LogP contribution in [-0.4, -0.2) is 15.9 Å². The molecule has 0 radical (unpaired) electrons. The van der Waals surface area contributed by atoms with Crippen molar-refractivity contribution >= 4 is 66.8 Å². The van der Waals surface area contributed by atoms with Gasteiger partial charge in [-0.3, -0.25) is 14.7 Å². The van der Waals surface area contributed by atoms with Crippen molar-refractivity contribution in [3.8, 4) is 0 Å². The Bertz CT molecular complexity index is 1160. The van der Waals surface area contributed by atoms with Crippen LogP contribution in [0.2, 0.25) is 5.02 Å². The Morgan fingerprint density at radius 1 is 1.21 bits per heavy atom. The van der Waals surface area contributed by atoms with Gasteiger partial charge in [0, 0.05) is 21.0 Å². The minimum atomic E-state index is -0.0864. The maximum atomic E-state index is 13.4. The van der Waals surface area contributed by atoms with Crippen molar-refractivity contribution in [3.63, 3.8) is 0 Å². The first kappa shape index (κ1) is 19.3. The van der Waals surface area contributed by atoms with Gasteiger partial charge in [0.05, 0.1) is 22.3 Å². The maximum absolute atomic E-state index is 13.4. The van der Waals surface area contributed by atoms with Crippen LogP contribution in [0.15, 0.2) is 60.9 Å². The highest BCUT2D eigenvalue weighted by atomic mass is 127. The number of benzene rings is 2. The molecule has 2 aromatic carbocycles. The topological polar surface area (TPSA) is 46.1 Å². The number of halogens is 2. The normalized spacial score (nSPS) is 11.0. The summed E-state index contributed by atoms with van der Waals surface area (Å²) in [7, 11) is 0. The average Bonchev–Trinajstić information content (AvgIpc) is 3.11. The van der Waals surface area contributed by atoms with Crippen molar-refractivity contribution in [2.75, 3.05) is 4.90 Å². The highest BCUT2D eigenvalue weighted by molar-refractivity contribution is 14.1. The molecule has 0 aliphatic heterocycles. The minimum absolute atomic E-state index is 0.0864. The van der Waals surface area contributed by atoms with E-state index in [-0.39, 0.29) is 5.91 Å². The van der Waals surface area contributed by atoms with Crippen LogP contribution in [0.25, 0.3) is 10.2 Å². The van der Waals surface area contributed by atoms with E-state index in [0.717, 1.165) is 24.9 Å². The molecule has 1 amide bonds. The Morgan fingerprint density at radius 3 is 2.79 bits per heavy atom. The standard InChI is InChI=1S/C21H15ClIN3OS/c1-13-9-15(22)10-18-19(13)25-21(28-18)26(12-14-5-4-8-24-11-14)20(27)16-6-2-3-7-17(16)23/h2-11H,12H2,1H3. The minimum Gasteiger partial charge on any atom is -0.279 e. The van der Waals surface area contributed by atoms with Gasteiger partial charge in [0.2, 0.25) is 0 Å². The molecule has 4 aromatic rings.